The molecule has 1 aromatic heterocycles. The summed E-state index contributed by atoms with van der Waals surface area (Å²) in [5.41, 5.74) is 0.608. The monoisotopic (exact) mass is 266 g/mol. The third kappa shape index (κ3) is 5.40. The van der Waals surface area contributed by atoms with Gasteiger partial charge in [-0.2, -0.15) is 0 Å². The van der Waals surface area contributed by atoms with E-state index in [1.807, 2.05) is 13.0 Å². The number of hydrogen-bond acceptors (Lipinski definition) is 5. The van der Waals surface area contributed by atoms with Crippen molar-refractivity contribution in [2.24, 2.45) is 0 Å². The Morgan fingerprint density at radius 1 is 1.50 bits per heavy atom. The second-order valence-corrected chi connectivity index (χ2v) is 4.18. The maximum atomic E-state index is 11.2. The normalized spacial score (nSPS) is 11.0. The Kier molecular flexibility index (Phi) is 5.79. The van der Waals surface area contributed by atoms with Gasteiger partial charge < -0.3 is 10.1 Å². The maximum Gasteiger partial charge on any atom is 0.331 e. The SMILES string of the molecule is C/C=C/C=C/C(=O)OCc1csc(NC(C)=O)n1. The molecule has 1 amide bonds. The van der Waals surface area contributed by atoms with Crippen LogP contribution in [0.2, 0.25) is 0 Å². The molecule has 1 N–H and O–H groups in total. The zero-order valence-corrected chi connectivity index (χ0v) is 11.0. The highest BCUT2D eigenvalue weighted by atomic mass is 32.1. The van der Waals surface area contributed by atoms with Crippen molar-refractivity contribution in [3.05, 3.63) is 35.4 Å². The molecule has 0 aliphatic rings. The van der Waals surface area contributed by atoms with Crippen LogP contribution in [0.1, 0.15) is 19.5 Å². The number of ether oxygens (including phenoxy) is 1. The molecular formula is C12H14N2O3S. The number of aromatic nitrogens is 1. The van der Waals surface area contributed by atoms with E-state index in [4.69, 9.17) is 4.74 Å². The summed E-state index contributed by atoms with van der Waals surface area (Å²) in [7, 11) is 0. The Morgan fingerprint density at radius 2 is 2.28 bits per heavy atom. The highest BCUT2D eigenvalue weighted by molar-refractivity contribution is 7.13. The van der Waals surface area contributed by atoms with Gasteiger partial charge in [0.2, 0.25) is 5.91 Å². The lowest BCUT2D eigenvalue weighted by Gasteiger charge is -1.98. The maximum absolute atomic E-state index is 11.2. The summed E-state index contributed by atoms with van der Waals surface area (Å²) >= 11 is 1.29. The number of allylic oxidation sites excluding steroid dienone is 3. The number of carbonyl (C=O) groups is 2. The fourth-order valence-corrected chi connectivity index (χ4v) is 1.76. The number of rotatable bonds is 5. The summed E-state index contributed by atoms with van der Waals surface area (Å²) in [5, 5.41) is 4.79. The average molecular weight is 266 g/mol. The first-order valence-electron chi connectivity index (χ1n) is 5.30. The highest BCUT2D eigenvalue weighted by Crippen LogP contribution is 2.15. The molecular weight excluding hydrogens is 252 g/mol. The fourth-order valence-electron chi connectivity index (χ4n) is 1.02. The lowest BCUT2D eigenvalue weighted by molar-refractivity contribution is -0.139. The van der Waals surface area contributed by atoms with Crippen LogP contribution in [0.25, 0.3) is 0 Å². The molecule has 0 atom stereocenters. The van der Waals surface area contributed by atoms with E-state index >= 15 is 0 Å². The van der Waals surface area contributed by atoms with Crippen LogP contribution >= 0.6 is 11.3 Å². The van der Waals surface area contributed by atoms with E-state index < -0.39 is 5.97 Å². The molecule has 1 rings (SSSR count). The number of nitrogens with one attached hydrogen (secondary N) is 1. The van der Waals surface area contributed by atoms with Gasteiger partial charge in [-0.05, 0) is 6.92 Å². The fraction of sp³-hybridized carbons (Fsp3) is 0.250. The molecule has 0 radical (unpaired) electrons. The zero-order chi connectivity index (χ0) is 13.4. The number of carbonyl (C=O) groups excluding carboxylic acids is 2. The van der Waals surface area contributed by atoms with E-state index in [1.165, 1.54) is 24.3 Å². The number of nitrogens with zero attached hydrogens (tertiary/aromatic N) is 1. The minimum atomic E-state index is -0.429. The van der Waals surface area contributed by atoms with E-state index in [0.717, 1.165) is 0 Å². The predicted octanol–water partition coefficient (Wildman–Crippen LogP) is 2.28. The van der Waals surface area contributed by atoms with Crippen molar-refractivity contribution in [1.29, 1.82) is 0 Å². The zero-order valence-electron chi connectivity index (χ0n) is 10.2. The second kappa shape index (κ2) is 7.39. The van der Waals surface area contributed by atoms with E-state index in [1.54, 1.807) is 17.5 Å². The first kappa shape index (κ1) is 14.1. The van der Waals surface area contributed by atoms with Gasteiger partial charge in [-0.1, -0.05) is 18.2 Å². The third-order valence-electron chi connectivity index (χ3n) is 1.73. The molecule has 1 aromatic rings. The minimum absolute atomic E-state index is 0.0924. The summed E-state index contributed by atoms with van der Waals surface area (Å²) in [4.78, 5) is 26.1. The summed E-state index contributed by atoms with van der Waals surface area (Å²) in [5.74, 6) is -0.607. The number of hydrogen-bond donors (Lipinski definition) is 1. The summed E-state index contributed by atoms with van der Waals surface area (Å²) in [6.07, 6.45) is 6.48. The molecule has 0 fully saturated rings. The molecule has 0 saturated heterocycles. The molecule has 0 aliphatic heterocycles. The van der Waals surface area contributed by atoms with Crippen molar-refractivity contribution in [3.8, 4) is 0 Å². The average Bonchev–Trinajstić information content (AvgIpc) is 2.73. The van der Waals surface area contributed by atoms with Gasteiger partial charge in [-0.25, -0.2) is 9.78 Å². The van der Waals surface area contributed by atoms with Gasteiger partial charge in [0.05, 0.1) is 5.69 Å². The molecule has 6 heteroatoms. The first-order valence-corrected chi connectivity index (χ1v) is 6.18. The van der Waals surface area contributed by atoms with Gasteiger partial charge >= 0.3 is 5.97 Å². The molecule has 5 nitrogen and oxygen atoms in total. The van der Waals surface area contributed by atoms with Crippen molar-refractivity contribution < 1.29 is 14.3 Å². The van der Waals surface area contributed by atoms with Gasteiger partial charge in [-0.15, -0.1) is 11.3 Å². The number of thiazole rings is 1. The number of amides is 1. The molecule has 0 bridgehead atoms. The van der Waals surface area contributed by atoms with E-state index in [2.05, 4.69) is 10.3 Å². The van der Waals surface area contributed by atoms with Gasteiger partial charge in [0.25, 0.3) is 0 Å². The Balaban J connectivity index is 2.41. The molecule has 0 aromatic carbocycles. The quantitative estimate of drug-likeness (QED) is 0.504. The lowest BCUT2D eigenvalue weighted by Crippen LogP contribution is -2.06. The summed E-state index contributed by atoms with van der Waals surface area (Å²) in [6.45, 7) is 3.36. The third-order valence-corrected chi connectivity index (χ3v) is 2.54. The van der Waals surface area contributed by atoms with Crippen LogP contribution in [0.4, 0.5) is 5.13 Å². The Labute approximate surface area is 109 Å². The topological polar surface area (TPSA) is 68.3 Å². The summed E-state index contributed by atoms with van der Waals surface area (Å²) in [6, 6.07) is 0. The molecule has 0 aliphatic carbocycles. The van der Waals surface area contributed by atoms with Crippen LogP contribution in [0, 0.1) is 0 Å². The number of esters is 1. The van der Waals surface area contributed by atoms with Crippen molar-refractivity contribution >= 4 is 28.3 Å². The molecule has 0 saturated carbocycles. The highest BCUT2D eigenvalue weighted by Gasteiger charge is 2.05. The largest absolute Gasteiger partial charge is 0.456 e. The number of anilines is 1. The Hall–Kier alpha value is -1.95. The molecule has 0 spiro atoms. The minimum Gasteiger partial charge on any atom is -0.456 e. The van der Waals surface area contributed by atoms with Crippen molar-refractivity contribution in [2.75, 3.05) is 5.32 Å². The lowest BCUT2D eigenvalue weighted by atomic mass is 10.4. The van der Waals surface area contributed by atoms with Crippen LogP contribution < -0.4 is 5.32 Å². The van der Waals surface area contributed by atoms with Gasteiger partial charge in [0.15, 0.2) is 5.13 Å². The van der Waals surface area contributed by atoms with Crippen LogP contribution in [-0.4, -0.2) is 16.9 Å². The first-order chi connectivity index (χ1) is 8.61. The predicted molar refractivity (Wildman–Crippen MR) is 70.2 cm³/mol. The molecule has 96 valence electrons. The van der Waals surface area contributed by atoms with Gasteiger partial charge in [0, 0.05) is 18.4 Å². The standard InChI is InChI=1S/C12H14N2O3S/c1-3-4-5-6-11(16)17-7-10-8-18-12(14-10)13-9(2)15/h3-6,8H,7H2,1-2H3,(H,13,14,15)/b4-3+,6-5+. The van der Waals surface area contributed by atoms with Crippen molar-refractivity contribution in [2.45, 2.75) is 20.5 Å². The van der Waals surface area contributed by atoms with Crippen LogP contribution in [0.5, 0.6) is 0 Å². The molecule has 18 heavy (non-hydrogen) atoms. The van der Waals surface area contributed by atoms with E-state index in [0.29, 0.717) is 10.8 Å². The summed E-state index contributed by atoms with van der Waals surface area (Å²) < 4.78 is 4.96. The molecule has 0 unspecified atom stereocenters. The molecule has 1 heterocycles. The van der Waals surface area contributed by atoms with Gasteiger partial charge in [-0.3, -0.25) is 4.79 Å². The Bertz CT molecular complexity index is 477. The van der Waals surface area contributed by atoms with Crippen LogP contribution in [0.15, 0.2) is 29.7 Å². The van der Waals surface area contributed by atoms with Crippen molar-refractivity contribution in [1.82, 2.24) is 4.98 Å². The Morgan fingerprint density at radius 3 is 2.94 bits per heavy atom. The van der Waals surface area contributed by atoms with Crippen LogP contribution in [-0.2, 0) is 20.9 Å². The van der Waals surface area contributed by atoms with Crippen molar-refractivity contribution in [3.63, 3.8) is 0 Å². The van der Waals surface area contributed by atoms with Crippen LogP contribution in [0.3, 0.4) is 0 Å². The van der Waals surface area contributed by atoms with E-state index in [9.17, 15) is 9.59 Å². The van der Waals surface area contributed by atoms with E-state index in [-0.39, 0.29) is 12.5 Å². The smallest absolute Gasteiger partial charge is 0.331 e. The van der Waals surface area contributed by atoms with Gasteiger partial charge in [0.1, 0.15) is 6.61 Å². The second-order valence-electron chi connectivity index (χ2n) is 3.32.